The topological polar surface area (TPSA) is 82.1 Å². The van der Waals surface area contributed by atoms with Gasteiger partial charge < -0.3 is 20.1 Å². The van der Waals surface area contributed by atoms with Crippen LogP contribution in [0.25, 0.3) is 0 Å². The van der Waals surface area contributed by atoms with Gasteiger partial charge in [-0.1, -0.05) is 6.07 Å². The molecule has 0 bridgehead atoms. The van der Waals surface area contributed by atoms with Crippen LogP contribution in [0.15, 0.2) is 18.2 Å². The number of aliphatic hydroxyl groups is 1. The maximum atomic E-state index is 11.9. The van der Waals surface area contributed by atoms with Crippen molar-refractivity contribution < 1.29 is 19.4 Å². The van der Waals surface area contributed by atoms with Crippen LogP contribution in [0.1, 0.15) is 38.3 Å². The highest BCUT2D eigenvalue weighted by atomic mass is 16.5. The molecular weight excluding hydrogens is 358 g/mol. The summed E-state index contributed by atoms with van der Waals surface area (Å²) in [5.41, 5.74) is 1.61. The molecule has 0 aliphatic carbocycles. The lowest BCUT2D eigenvalue weighted by molar-refractivity contribution is -0.128. The van der Waals surface area contributed by atoms with E-state index in [1.165, 1.54) is 0 Å². The summed E-state index contributed by atoms with van der Waals surface area (Å²) in [6.45, 7) is 9.30. The molecule has 0 unspecified atom stereocenters. The van der Waals surface area contributed by atoms with Gasteiger partial charge in [-0.15, -0.1) is 0 Å². The van der Waals surface area contributed by atoms with Gasteiger partial charge >= 0.3 is 0 Å². The molecule has 2 amide bonds. The molecule has 154 valence electrons. The number of amides is 2. The Morgan fingerprint density at radius 3 is 2.75 bits per heavy atom. The predicted molar refractivity (Wildman–Crippen MR) is 106 cm³/mol. The molecule has 2 heterocycles. The van der Waals surface area contributed by atoms with Crippen molar-refractivity contribution in [1.82, 2.24) is 15.1 Å². The highest BCUT2D eigenvalue weighted by Gasteiger charge is 2.50. The first-order chi connectivity index (χ1) is 13.4. The van der Waals surface area contributed by atoms with Crippen molar-refractivity contribution in [3.8, 4) is 5.75 Å². The molecule has 3 rings (SSSR count). The number of hydrogen-bond donors (Lipinski definition) is 2. The van der Waals surface area contributed by atoms with Gasteiger partial charge in [0.2, 0.25) is 11.8 Å². The molecule has 2 aliphatic rings. The number of nitrogens with one attached hydrogen (secondary N) is 1. The molecule has 7 nitrogen and oxygen atoms in total. The first-order valence-electron chi connectivity index (χ1n) is 9.99. The van der Waals surface area contributed by atoms with E-state index in [1.807, 2.05) is 30.0 Å². The molecule has 2 aliphatic heterocycles. The van der Waals surface area contributed by atoms with Crippen LogP contribution >= 0.6 is 0 Å². The molecule has 0 aromatic heterocycles. The van der Waals surface area contributed by atoms with E-state index >= 15 is 0 Å². The Balaban J connectivity index is 1.72. The number of carbonyl (C=O) groups excluding carboxylic acids is 2. The van der Waals surface area contributed by atoms with E-state index < -0.39 is 0 Å². The van der Waals surface area contributed by atoms with Gasteiger partial charge in [0.25, 0.3) is 0 Å². The second-order valence-electron chi connectivity index (χ2n) is 7.95. The molecule has 0 saturated carbocycles. The third-order valence-corrected chi connectivity index (χ3v) is 5.92. The van der Waals surface area contributed by atoms with Crippen molar-refractivity contribution in [2.45, 2.75) is 45.9 Å². The van der Waals surface area contributed by atoms with Gasteiger partial charge in [0.1, 0.15) is 5.75 Å². The first-order valence-corrected chi connectivity index (χ1v) is 9.99. The van der Waals surface area contributed by atoms with Crippen LogP contribution in [0.3, 0.4) is 0 Å². The molecule has 2 fully saturated rings. The van der Waals surface area contributed by atoms with Gasteiger partial charge in [0.15, 0.2) is 0 Å². The number of nitrogens with zero attached hydrogens (tertiary/aromatic N) is 2. The monoisotopic (exact) mass is 389 g/mol. The van der Waals surface area contributed by atoms with Crippen LogP contribution in [-0.4, -0.2) is 65.0 Å². The molecule has 1 aromatic carbocycles. The predicted octanol–water partition coefficient (Wildman–Crippen LogP) is 1.14. The average Bonchev–Trinajstić information content (AvgIpc) is 3.01. The minimum Gasteiger partial charge on any atom is -0.494 e. The van der Waals surface area contributed by atoms with Crippen molar-refractivity contribution in [2.24, 2.45) is 5.92 Å². The highest BCUT2D eigenvalue weighted by molar-refractivity contribution is 5.76. The number of rotatable bonds is 6. The zero-order valence-electron chi connectivity index (χ0n) is 17.0. The lowest BCUT2D eigenvalue weighted by Gasteiger charge is -2.43. The lowest BCUT2D eigenvalue weighted by atomic mass is 9.80. The first kappa shape index (κ1) is 20.6. The Morgan fingerprint density at radius 2 is 2.11 bits per heavy atom. The van der Waals surface area contributed by atoms with Gasteiger partial charge in [-0.05, 0) is 31.0 Å². The normalized spacial score (nSPS) is 24.7. The third-order valence-electron chi connectivity index (χ3n) is 5.92. The van der Waals surface area contributed by atoms with Crippen LogP contribution in [0.5, 0.6) is 5.75 Å². The SMILES string of the molecule is CCOc1ccc(CN2CC[C@@]3(NC(C)=O)CN(C(C)=O)C[C@H]3C2)cc1CO. The van der Waals surface area contributed by atoms with E-state index in [1.54, 1.807) is 13.8 Å². The fourth-order valence-corrected chi connectivity index (χ4v) is 4.60. The Bertz CT molecular complexity index is 738. The van der Waals surface area contributed by atoms with E-state index in [4.69, 9.17) is 4.74 Å². The maximum absolute atomic E-state index is 11.9. The number of carbonyl (C=O) groups is 2. The summed E-state index contributed by atoms with van der Waals surface area (Å²) in [6.07, 6.45) is 0.824. The molecule has 0 radical (unpaired) electrons. The minimum atomic E-state index is -0.316. The van der Waals surface area contributed by atoms with Crippen molar-refractivity contribution >= 4 is 11.8 Å². The van der Waals surface area contributed by atoms with Crippen LogP contribution in [0.4, 0.5) is 0 Å². The average molecular weight is 389 g/mol. The molecular formula is C21H31N3O4. The number of likely N-dealkylation sites (tertiary alicyclic amines) is 2. The molecule has 2 saturated heterocycles. The minimum absolute atomic E-state index is 0.0389. The number of aliphatic hydroxyl groups excluding tert-OH is 1. The van der Waals surface area contributed by atoms with Crippen LogP contribution in [-0.2, 0) is 22.7 Å². The molecule has 2 atom stereocenters. The van der Waals surface area contributed by atoms with E-state index in [0.29, 0.717) is 19.7 Å². The van der Waals surface area contributed by atoms with Gasteiger partial charge in [-0.3, -0.25) is 14.5 Å². The van der Waals surface area contributed by atoms with E-state index in [0.717, 1.165) is 42.9 Å². The largest absolute Gasteiger partial charge is 0.494 e. The fraction of sp³-hybridized carbons (Fsp3) is 0.619. The van der Waals surface area contributed by atoms with Crippen molar-refractivity contribution in [3.05, 3.63) is 29.3 Å². The number of ether oxygens (including phenoxy) is 1. The highest BCUT2D eigenvalue weighted by Crippen LogP contribution is 2.36. The number of benzene rings is 1. The molecule has 28 heavy (non-hydrogen) atoms. The van der Waals surface area contributed by atoms with E-state index in [-0.39, 0.29) is 29.9 Å². The van der Waals surface area contributed by atoms with Crippen molar-refractivity contribution in [1.29, 1.82) is 0 Å². The molecule has 1 aromatic rings. The van der Waals surface area contributed by atoms with Crippen LogP contribution in [0.2, 0.25) is 0 Å². The fourth-order valence-electron chi connectivity index (χ4n) is 4.60. The lowest BCUT2D eigenvalue weighted by Crippen LogP contribution is -2.60. The van der Waals surface area contributed by atoms with E-state index in [2.05, 4.69) is 10.2 Å². The van der Waals surface area contributed by atoms with Gasteiger partial charge in [-0.25, -0.2) is 0 Å². The molecule has 7 heteroatoms. The zero-order valence-corrected chi connectivity index (χ0v) is 17.0. The summed E-state index contributed by atoms with van der Waals surface area (Å²) >= 11 is 0. The summed E-state index contributed by atoms with van der Waals surface area (Å²) in [4.78, 5) is 27.9. The Morgan fingerprint density at radius 1 is 1.32 bits per heavy atom. The van der Waals surface area contributed by atoms with Crippen LogP contribution in [0, 0.1) is 5.92 Å². The number of fused-ring (bicyclic) bond motifs is 1. The third kappa shape index (κ3) is 4.31. The standard InChI is InChI=1S/C21H31N3O4/c1-4-28-20-6-5-17(9-18(20)13-25)10-23-8-7-21(22-15(2)26)14-24(16(3)27)12-19(21)11-23/h5-6,9,19,25H,4,7-8,10-14H2,1-3H3,(H,22,26)/t19-,21-/m1/s1. The second-order valence-corrected chi connectivity index (χ2v) is 7.95. The summed E-state index contributed by atoms with van der Waals surface area (Å²) in [5.74, 6) is 0.965. The maximum Gasteiger partial charge on any atom is 0.219 e. The van der Waals surface area contributed by atoms with Crippen LogP contribution < -0.4 is 10.1 Å². The summed E-state index contributed by atoms with van der Waals surface area (Å²) in [6, 6.07) is 5.95. The van der Waals surface area contributed by atoms with Gasteiger partial charge in [0.05, 0.1) is 18.8 Å². The molecule has 0 spiro atoms. The zero-order chi connectivity index (χ0) is 20.3. The van der Waals surface area contributed by atoms with E-state index in [9.17, 15) is 14.7 Å². The summed E-state index contributed by atoms with van der Waals surface area (Å²) in [7, 11) is 0. The Kier molecular flexibility index (Phi) is 6.25. The second kappa shape index (κ2) is 8.49. The van der Waals surface area contributed by atoms with Crippen molar-refractivity contribution in [2.75, 3.05) is 32.8 Å². The summed E-state index contributed by atoms with van der Waals surface area (Å²) in [5, 5.41) is 12.8. The number of piperidine rings is 1. The molecule has 2 N–H and O–H groups in total. The van der Waals surface area contributed by atoms with Gasteiger partial charge in [-0.2, -0.15) is 0 Å². The smallest absolute Gasteiger partial charge is 0.219 e. The van der Waals surface area contributed by atoms with Gasteiger partial charge in [0, 0.05) is 58.1 Å². The summed E-state index contributed by atoms with van der Waals surface area (Å²) < 4.78 is 5.56. The Hall–Kier alpha value is -2.12. The quantitative estimate of drug-likeness (QED) is 0.762. The van der Waals surface area contributed by atoms with Crippen molar-refractivity contribution in [3.63, 3.8) is 0 Å². The Labute approximate surface area is 166 Å². The number of hydrogen-bond acceptors (Lipinski definition) is 5.